The summed E-state index contributed by atoms with van der Waals surface area (Å²) in [4.78, 5) is 10.8. The fourth-order valence-electron chi connectivity index (χ4n) is 1.27. The van der Waals surface area contributed by atoms with Crippen LogP contribution in [-0.4, -0.2) is 54.9 Å². The predicted molar refractivity (Wildman–Crippen MR) is 46.8 cm³/mol. The third-order valence-electron chi connectivity index (χ3n) is 2.10. The molecular formula is C8H15NO5. The van der Waals surface area contributed by atoms with Gasteiger partial charge in [-0.05, 0) is 0 Å². The lowest BCUT2D eigenvalue weighted by atomic mass is 10.0. The zero-order valence-electron chi connectivity index (χ0n) is 7.97. The van der Waals surface area contributed by atoms with E-state index in [2.05, 4.69) is 5.32 Å². The second-order valence-electron chi connectivity index (χ2n) is 3.13. The smallest absolute Gasteiger partial charge is 0.407 e. The van der Waals surface area contributed by atoms with E-state index >= 15 is 0 Å². The average molecular weight is 205 g/mol. The Morgan fingerprint density at radius 1 is 1.71 bits per heavy atom. The van der Waals surface area contributed by atoms with Crippen LogP contribution in [0, 0.1) is 0 Å². The quantitative estimate of drug-likeness (QED) is 0.530. The van der Waals surface area contributed by atoms with E-state index in [1.807, 2.05) is 0 Å². The number of rotatable bonds is 2. The highest BCUT2D eigenvalue weighted by Gasteiger charge is 2.31. The van der Waals surface area contributed by atoms with Gasteiger partial charge in [0, 0.05) is 13.5 Å². The molecule has 14 heavy (non-hydrogen) atoms. The highest BCUT2D eigenvalue weighted by Crippen LogP contribution is 2.16. The molecule has 1 saturated heterocycles. The van der Waals surface area contributed by atoms with E-state index < -0.39 is 18.3 Å². The van der Waals surface area contributed by atoms with Crippen molar-refractivity contribution in [1.82, 2.24) is 5.32 Å². The zero-order valence-corrected chi connectivity index (χ0v) is 7.97. The van der Waals surface area contributed by atoms with E-state index in [0.29, 0.717) is 0 Å². The van der Waals surface area contributed by atoms with E-state index in [9.17, 15) is 9.90 Å². The van der Waals surface area contributed by atoms with Gasteiger partial charge in [0.25, 0.3) is 0 Å². The highest BCUT2D eigenvalue weighted by atomic mass is 16.6. The van der Waals surface area contributed by atoms with Gasteiger partial charge in [0.1, 0.15) is 0 Å². The van der Waals surface area contributed by atoms with E-state index in [-0.39, 0.29) is 25.7 Å². The second kappa shape index (κ2) is 5.14. The molecule has 6 nitrogen and oxygen atoms in total. The van der Waals surface area contributed by atoms with E-state index in [0.717, 1.165) is 0 Å². The van der Waals surface area contributed by atoms with Gasteiger partial charge < -0.3 is 25.0 Å². The Balaban J connectivity index is 2.38. The van der Waals surface area contributed by atoms with Crippen LogP contribution in [-0.2, 0) is 9.47 Å². The molecule has 1 fully saturated rings. The molecule has 3 N–H and O–H groups in total. The first-order valence-corrected chi connectivity index (χ1v) is 4.46. The maximum absolute atomic E-state index is 10.8. The normalized spacial score (nSPS) is 32.4. The van der Waals surface area contributed by atoms with Crippen LogP contribution in [0.3, 0.4) is 0 Å². The fraction of sp³-hybridized carbons (Fsp3) is 0.875. The Morgan fingerprint density at radius 2 is 2.43 bits per heavy atom. The minimum absolute atomic E-state index is 0.111. The Kier molecular flexibility index (Phi) is 4.12. The lowest BCUT2D eigenvalue weighted by molar-refractivity contribution is -0.132. The maximum atomic E-state index is 10.8. The number of aliphatic hydroxyl groups excluding tert-OH is 2. The number of hydrogen-bond acceptors (Lipinski definition) is 5. The number of nitrogens with one attached hydrogen (secondary N) is 1. The molecule has 0 aliphatic carbocycles. The number of carbonyl (C=O) groups is 1. The van der Waals surface area contributed by atoms with Gasteiger partial charge in [-0.15, -0.1) is 0 Å². The molecule has 0 aromatic heterocycles. The van der Waals surface area contributed by atoms with Crippen LogP contribution < -0.4 is 5.32 Å². The van der Waals surface area contributed by atoms with Crippen LogP contribution in [0.4, 0.5) is 4.79 Å². The molecule has 1 aliphatic heterocycles. The topological polar surface area (TPSA) is 88.0 Å². The molecule has 1 heterocycles. The third-order valence-corrected chi connectivity index (χ3v) is 2.10. The van der Waals surface area contributed by atoms with Gasteiger partial charge in [-0.25, -0.2) is 4.79 Å². The first kappa shape index (κ1) is 11.2. The highest BCUT2D eigenvalue weighted by molar-refractivity contribution is 5.66. The summed E-state index contributed by atoms with van der Waals surface area (Å²) in [7, 11) is 1.44. The van der Waals surface area contributed by atoms with Crippen LogP contribution in [0.2, 0.25) is 0 Å². The van der Waals surface area contributed by atoms with Gasteiger partial charge >= 0.3 is 6.09 Å². The summed E-state index contributed by atoms with van der Waals surface area (Å²) in [5.41, 5.74) is 0. The van der Waals surface area contributed by atoms with Crippen LogP contribution in [0.25, 0.3) is 0 Å². The Labute approximate surface area is 81.8 Å². The lowest BCUT2D eigenvalue weighted by Crippen LogP contribution is -2.46. The van der Waals surface area contributed by atoms with Crippen molar-refractivity contribution in [1.29, 1.82) is 0 Å². The molecule has 0 radical (unpaired) electrons. The van der Waals surface area contributed by atoms with E-state index in [1.54, 1.807) is 0 Å². The standard InChI is InChI=1S/C8H15NO5/c1-9-8(12)14-7-4-13-5(3-10)2-6(7)11/h5-7,10-11H,2-4H2,1H3,(H,9,12). The molecular weight excluding hydrogens is 190 g/mol. The summed E-state index contributed by atoms with van der Waals surface area (Å²) in [6.45, 7) is -0.0242. The van der Waals surface area contributed by atoms with Gasteiger partial charge in [0.2, 0.25) is 0 Å². The molecule has 1 rings (SSSR count). The fourth-order valence-corrected chi connectivity index (χ4v) is 1.27. The van der Waals surface area contributed by atoms with Crippen molar-refractivity contribution < 1.29 is 24.5 Å². The summed E-state index contributed by atoms with van der Waals surface area (Å²) in [5, 5.41) is 20.6. The van der Waals surface area contributed by atoms with Crippen molar-refractivity contribution in [3.8, 4) is 0 Å². The third kappa shape index (κ3) is 2.83. The number of carbonyl (C=O) groups excluding carboxylic acids is 1. The minimum Gasteiger partial charge on any atom is -0.441 e. The van der Waals surface area contributed by atoms with Crippen LogP contribution >= 0.6 is 0 Å². The number of ether oxygens (including phenoxy) is 2. The summed E-state index contributed by atoms with van der Waals surface area (Å²) in [6, 6.07) is 0. The largest absolute Gasteiger partial charge is 0.441 e. The second-order valence-corrected chi connectivity index (χ2v) is 3.13. The van der Waals surface area contributed by atoms with Gasteiger partial charge in [0.05, 0.1) is 25.4 Å². The molecule has 3 atom stereocenters. The first-order valence-electron chi connectivity index (χ1n) is 4.46. The first-order chi connectivity index (χ1) is 6.67. The minimum atomic E-state index is -0.779. The van der Waals surface area contributed by atoms with Gasteiger partial charge in [0.15, 0.2) is 6.10 Å². The number of hydrogen-bond donors (Lipinski definition) is 3. The monoisotopic (exact) mass is 205 g/mol. The van der Waals surface area contributed by atoms with Gasteiger partial charge in [-0.2, -0.15) is 0 Å². The summed E-state index contributed by atoms with van der Waals surface area (Å²) >= 11 is 0. The SMILES string of the molecule is CNC(=O)OC1COC(CO)CC1O. The Hall–Kier alpha value is -0.850. The average Bonchev–Trinajstić information content (AvgIpc) is 2.20. The van der Waals surface area contributed by atoms with Gasteiger partial charge in [-0.1, -0.05) is 0 Å². The van der Waals surface area contributed by atoms with Crippen molar-refractivity contribution in [2.24, 2.45) is 0 Å². The summed E-state index contributed by atoms with van der Waals surface area (Å²) < 4.78 is 9.98. The molecule has 0 aromatic rings. The molecule has 1 aliphatic rings. The molecule has 0 bridgehead atoms. The Morgan fingerprint density at radius 3 is 2.93 bits per heavy atom. The molecule has 0 aromatic carbocycles. The summed E-state index contributed by atoms with van der Waals surface area (Å²) in [5.74, 6) is 0. The van der Waals surface area contributed by atoms with Gasteiger partial charge in [-0.3, -0.25) is 0 Å². The zero-order chi connectivity index (χ0) is 10.6. The lowest BCUT2D eigenvalue weighted by Gasteiger charge is -2.31. The molecule has 0 saturated carbocycles. The van der Waals surface area contributed by atoms with Crippen molar-refractivity contribution in [3.05, 3.63) is 0 Å². The van der Waals surface area contributed by atoms with Crippen LogP contribution in [0.1, 0.15) is 6.42 Å². The summed E-state index contributed by atoms with van der Waals surface area (Å²) in [6.07, 6.45) is -2.12. The molecule has 0 spiro atoms. The Bertz CT molecular complexity index is 198. The van der Waals surface area contributed by atoms with Crippen molar-refractivity contribution >= 4 is 6.09 Å². The molecule has 3 unspecified atom stereocenters. The number of aliphatic hydroxyl groups is 2. The maximum Gasteiger partial charge on any atom is 0.407 e. The van der Waals surface area contributed by atoms with E-state index in [1.165, 1.54) is 7.05 Å². The molecule has 82 valence electrons. The van der Waals surface area contributed by atoms with E-state index in [4.69, 9.17) is 14.6 Å². The number of alkyl carbamates (subject to hydrolysis) is 1. The molecule has 1 amide bonds. The number of amides is 1. The van der Waals surface area contributed by atoms with Crippen molar-refractivity contribution in [2.75, 3.05) is 20.3 Å². The predicted octanol–water partition coefficient (Wildman–Crippen LogP) is -1.15. The van der Waals surface area contributed by atoms with Crippen molar-refractivity contribution in [2.45, 2.75) is 24.7 Å². The van der Waals surface area contributed by atoms with Crippen molar-refractivity contribution in [3.63, 3.8) is 0 Å². The molecule has 6 heteroatoms. The van der Waals surface area contributed by atoms with Crippen LogP contribution in [0.15, 0.2) is 0 Å². The van der Waals surface area contributed by atoms with Crippen LogP contribution in [0.5, 0.6) is 0 Å².